The van der Waals surface area contributed by atoms with E-state index in [4.69, 9.17) is 4.74 Å². The summed E-state index contributed by atoms with van der Waals surface area (Å²) < 4.78 is 6.66. The van der Waals surface area contributed by atoms with Gasteiger partial charge in [-0.3, -0.25) is 9.48 Å². The number of ether oxygens (including phenoxy) is 1. The molecule has 2 rings (SSSR count). The summed E-state index contributed by atoms with van der Waals surface area (Å²) in [7, 11) is 1.41. The highest BCUT2D eigenvalue weighted by molar-refractivity contribution is 5.79. The molecule has 0 saturated carbocycles. The first-order valence-electron chi connectivity index (χ1n) is 6.48. The summed E-state index contributed by atoms with van der Waals surface area (Å²) in [6.07, 6.45) is 2.77. The summed E-state index contributed by atoms with van der Waals surface area (Å²) in [5.41, 5.74) is 1.02. The van der Waals surface area contributed by atoms with Crippen molar-refractivity contribution in [3.8, 4) is 0 Å². The SMILES string of the molecule is CCCNC(Cn1ncc2ccccc21)C(=O)OC. The molecule has 102 valence electrons. The normalized spacial score (nSPS) is 12.5. The Morgan fingerprint density at radius 3 is 3.00 bits per heavy atom. The molecular weight excluding hydrogens is 242 g/mol. The molecule has 2 aromatic rings. The predicted molar refractivity (Wildman–Crippen MR) is 73.8 cm³/mol. The van der Waals surface area contributed by atoms with E-state index in [-0.39, 0.29) is 12.0 Å². The second kappa shape index (κ2) is 6.33. The Morgan fingerprint density at radius 1 is 1.47 bits per heavy atom. The summed E-state index contributed by atoms with van der Waals surface area (Å²) in [5.74, 6) is -0.256. The molecule has 0 amide bonds. The zero-order chi connectivity index (χ0) is 13.7. The van der Waals surface area contributed by atoms with E-state index in [2.05, 4.69) is 17.3 Å². The molecule has 0 radical (unpaired) electrons. The van der Waals surface area contributed by atoms with Crippen LogP contribution in [0.5, 0.6) is 0 Å². The van der Waals surface area contributed by atoms with Gasteiger partial charge in [0.05, 0.1) is 25.4 Å². The van der Waals surface area contributed by atoms with E-state index in [1.54, 1.807) is 0 Å². The van der Waals surface area contributed by atoms with Crippen LogP contribution in [0.2, 0.25) is 0 Å². The van der Waals surface area contributed by atoms with Gasteiger partial charge in [0.25, 0.3) is 0 Å². The molecule has 0 spiro atoms. The van der Waals surface area contributed by atoms with E-state index in [0.29, 0.717) is 6.54 Å². The Balaban J connectivity index is 2.18. The van der Waals surface area contributed by atoms with Crippen LogP contribution in [0.4, 0.5) is 0 Å². The number of carbonyl (C=O) groups excluding carboxylic acids is 1. The van der Waals surface area contributed by atoms with Crippen molar-refractivity contribution in [2.75, 3.05) is 13.7 Å². The first-order chi connectivity index (χ1) is 9.26. The first kappa shape index (κ1) is 13.5. The molecule has 0 aliphatic heterocycles. The zero-order valence-electron chi connectivity index (χ0n) is 11.3. The molecule has 1 aromatic carbocycles. The van der Waals surface area contributed by atoms with Gasteiger partial charge in [-0.1, -0.05) is 25.1 Å². The molecule has 1 N–H and O–H groups in total. The third-order valence-corrected chi connectivity index (χ3v) is 3.03. The van der Waals surface area contributed by atoms with E-state index < -0.39 is 0 Å². The number of methoxy groups -OCH3 is 1. The minimum absolute atomic E-state index is 0.256. The number of nitrogens with zero attached hydrogens (tertiary/aromatic N) is 2. The van der Waals surface area contributed by atoms with E-state index in [0.717, 1.165) is 23.9 Å². The van der Waals surface area contributed by atoms with Crippen molar-refractivity contribution in [1.29, 1.82) is 0 Å². The molecule has 1 unspecified atom stereocenters. The maximum atomic E-state index is 11.8. The van der Waals surface area contributed by atoms with Crippen molar-refractivity contribution in [2.45, 2.75) is 25.9 Å². The number of nitrogens with one attached hydrogen (secondary N) is 1. The van der Waals surface area contributed by atoms with Crippen LogP contribution in [0.15, 0.2) is 30.5 Å². The fourth-order valence-corrected chi connectivity index (χ4v) is 2.03. The molecule has 0 saturated heterocycles. The van der Waals surface area contributed by atoms with E-state index in [1.807, 2.05) is 35.1 Å². The van der Waals surface area contributed by atoms with Crippen LogP contribution in [-0.2, 0) is 16.1 Å². The third kappa shape index (κ3) is 3.12. The highest BCUT2D eigenvalue weighted by atomic mass is 16.5. The smallest absolute Gasteiger partial charge is 0.324 e. The van der Waals surface area contributed by atoms with E-state index >= 15 is 0 Å². The second-order valence-corrected chi connectivity index (χ2v) is 4.42. The molecule has 1 heterocycles. The number of fused-ring (bicyclic) bond motifs is 1. The molecule has 1 aromatic heterocycles. The van der Waals surface area contributed by atoms with Gasteiger partial charge in [-0.2, -0.15) is 5.10 Å². The summed E-state index contributed by atoms with van der Waals surface area (Å²) >= 11 is 0. The Morgan fingerprint density at radius 2 is 2.26 bits per heavy atom. The predicted octanol–water partition coefficient (Wildman–Crippen LogP) is 1.58. The number of para-hydroxylation sites is 1. The summed E-state index contributed by atoms with van der Waals surface area (Å²) in [6, 6.07) is 7.57. The topological polar surface area (TPSA) is 56.2 Å². The average Bonchev–Trinajstić information content (AvgIpc) is 2.86. The number of aromatic nitrogens is 2. The molecule has 5 nitrogen and oxygen atoms in total. The Labute approximate surface area is 112 Å². The van der Waals surface area contributed by atoms with Crippen LogP contribution in [0, 0.1) is 0 Å². The number of hydrogen-bond donors (Lipinski definition) is 1. The lowest BCUT2D eigenvalue weighted by Crippen LogP contribution is -2.41. The molecule has 0 fully saturated rings. The van der Waals surface area contributed by atoms with Crippen LogP contribution in [0.3, 0.4) is 0 Å². The monoisotopic (exact) mass is 261 g/mol. The minimum atomic E-state index is -0.367. The van der Waals surface area contributed by atoms with Gasteiger partial charge in [0.1, 0.15) is 6.04 Å². The summed E-state index contributed by atoms with van der Waals surface area (Å²) in [6.45, 7) is 3.31. The molecule has 0 aliphatic carbocycles. The fourth-order valence-electron chi connectivity index (χ4n) is 2.03. The Bertz CT molecular complexity index is 550. The maximum Gasteiger partial charge on any atom is 0.324 e. The highest BCUT2D eigenvalue weighted by Gasteiger charge is 2.19. The largest absolute Gasteiger partial charge is 0.468 e. The number of rotatable bonds is 6. The fraction of sp³-hybridized carbons (Fsp3) is 0.429. The van der Waals surface area contributed by atoms with Crippen molar-refractivity contribution >= 4 is 16.9 Å². The molecule has 19 heavy (non-hydrogen) atoms. The third-order valence-electron chi connectivity index (χ3n) is 3.03. The number of hydrogen-bond acceptors (Lipinski definition) is 4. The Kier molecular flexibility index (Phi) is 4.52. The van der Waals surface area contributed by atoms with Gasteiger partial charge in [-0.25, -0.2) is 0 Å². The number of carbonyl (C=O) groups is 1. The lowest BCUT2D eigenvalue weighted by molar-refractivity contribution is -0.143. The quantitative estimate of drug-likeness (QED) is 0.802. The van der Waals surface area contributed by atoms with Crippen LogP contribution >= 0.6 is 0 Å². The van der Waals surface area contributed by atoms with Gasteiger partial charge < -0.3 is 10.1 Å². The van der Waals surface area contributed by atoms with Crippen molar-refractivity contribution in [3.05, 3.63) is 30.5 Å². The maximum absolute atomic E-state index is 11.8. The van der Waals surface area contributed by atoms with E-state index in [1.165, 1.54) is 7.11 Å². The average molecular weight is 261 g/mol. The van der Waals surface area contributed by atoms with Crippen LogP contribution in [-0.4, -0.2) is 35.4 Å². The van der Waals surface area contributed by atoms with Crippen molar-refractivity contribution in [3.63, 3.8) is 0 Å². The zero-order valence-corrected chi connectivity index (χ0v) is 11.3. The van der Waals surface area contributed by atoms with Gasteiger partial charge in [-0.05, 0) is 19.0 Å². The van der Waals surface area contributed by atoms with Crippen LogP contribution in [0.1, 0.15) is 13.3 Å². The van der Waals surface area contributed by atoms with Gasteiger partial charge in [0.15, 0.2) is 0 Å². The molecular formula is C14H19N3O2. The van der Waals surface area contributed by atoms with E-state index in [9.17, 15) is 4.79 Å². The second-order valence-electron chi connectivity index (χ2n) is 4.42. The van der Waals surface area contributed by atoms with Crippen molar-refractivity contribution in [1.82, 2.24) is 15.1 Å². The van der Waals surface area contributed by atoms with Crippen molar-refractivity contribution in [2.24, 2.45) is 0 Å². The number of esters is 1. The van der Waals surface area contributed by atoms with Gasteiger partial charge in [0.2, 0.25) is 0 Å². The van der Waals surface area contributed by atoms with Gasteiger partial charge >= 0.3 is 5.97 Å². The van der Waals surface area contributed by atoms with Crippen LogP contribution in [0.25, 0.3) is 10.9 Å². The van der Waals surface area contributed by atoms with Gasteiger partial charge in [-0.15, -0.1) is 0 Å². The molecule has 5 heteroatoms. The molecule has 0 bridgehead atoms. The lowest BCUT2D eigenvalue weighted by Gasteiger charge is -2.16. The van der Waals surface area contributed by atoms with Crippen LogP contribution < -0.4 is 5.32 Å². The van der Waals surface area contributed by atoms with Gasteiger partial charge in [0, 0.05) is 5.39 Å². The van der Waals surface area contributed by atoms with Crippen molar-refractivity contribution < 1.29 is 9.53 Å². The molecule has 1 atom stereocenters. The Hall–Kier alpha value is -1.88. The minimum Gasteiger partial charge on any atom is -0.468 e. The highest BCUT2D eigenvalue weighted by Crippen LogP contribution is 2.13. The number of benzene rings is 1. The summed E-state index contributed by atoms with van der Waals surface area (Å²) in [4.78, 5) is 11.8. The standard InChI is InChI=1S/C14H19N3O2/c1-3-8-15-12(14(18)19-2)10-17-13-7-5-4-6-11(13)9-16-17/h4-7,9,12,15H,3,8,10H2,1-2H3. The summed E-state index contributed by atoms with van der Waals surface area (Å²) in [5, 5.41) is 8.59. The lowest BCUT2D eigenvalue weighted by atomic mass is 10.2. The first-order valence-corrected chi connectivity index (χ1v) is 6.48. The molecule has 0 aliphatic rings.